The fourth-order valence-corrected chi connectivity index (χ4v) is 1.29. The molecular formula is C12H17NO. The summed E-state index contributed by atoms with van der Waals surface area (Å²) in [6, 6.07) is 7.16. The second-order valence-electron chi connectivity index (χ2n) is 4.00. The van der Waals surface area contributed by atoms with E-state index in [9.17, 15) is 4.79 Å². The molecule has 0 aromatic heterocycles. The monoisotopic (exact) mass is 191 g/mol. The quantitative estimate of drug-likeness (QED) is 0.744. The van der Waals surface area contributed by atoms with Gasteiger partial charge in [0.05, 0.1) is 6.04 Å². The molecule has 0 amide bonds. The minimum atomic E-state index is -0.392. The largest absolute Gasteiger partial charge is 0.321 e. The maximum absolute atomic E-state index is 11.8. The van der Waals surface area contributed by atoms with E-state index in [1.165, 1.54) is 0 Å². The summed E-state index contributed by atoms with van der Waals surface area (Å²) in [7, 11) is 0. The average Bonchev–Trinajstić information content (AvgIpc) is 2.15. The van der Waals surface area contributed by atoms with Gasteiger partial charge >= 0.3 is 0 Å². The topological polar surface area (TPSA) is 43.1 Å². The van der Waals surface area contributed by atoms with E-state index in [0.29, 0.717) is 5.56 Å². The first-order chi connectivity index (χ1) is 6.52. The number of Topliss-reactive ketones (excluding diaryl/α,β-unsaturated/α-hetero) is 1. The fraction of sp³-hybridized carbons (Fsp3) is 0.417. The van der Waals surface area contributed by atoms with Crippen LogP contribution in [-0.4, -0.2) is 11.8 Å². The van der Waals surface area contributed by atoms with Crippen LogP contribution in [-0.2, 0) is 0 Å². The van der Waals surface area contributed by atoms with Gasteiger partial charge in [-0.1, -0.05) is 37.6 Å². The van der Waals surface area contributed by atoms with E-state index in [1.807, 2.05) is 45.0 Å². The molecule has 2 N–H and O–H groups in total. The molecule has 1 aromatic rings. The van der Waals surface area contributed by atoms with Crippen LogP contribution in [0.4, 0.5) is 0 Å². The lowest BCUT2D eigenvalue weighted by atomic mass is 9.95. The highest BCUT2D eigenvalue weighted by atomic mass is 16.1. The molecule has 0 fully saturated rings. The van der Waals surface area contributed by atoms with E-state index in [0.717, 1.165) is 5.56 Å². The zero-order valence-corrected chi connectivity index (χ0v) is 8.95. The van der Waals surface area contributed by atoms with Crippen LogP contribution < -0.4 is 5.73 Å². The van der Waals surface area contributed by atoms with Crippen molar-refractivity contribution >= 4 is 5.78 Å². The van der Waals surface area contributed by atoms with E-state index < -0.39 is 6.04 Å². The standard InChI is InChI=1S/C12H17NO/c1-8(2)11(13)12(14)10-6-4-5-9(3)7-10/h4-8,11H,13H2,1-3H3. The summed E-state index contributed by atoms with van der Waals surface area (Å²) in [5, 5.41) is 0. The van der Waals surface area contributed by atoms with Gasteiger partial charge in [0.15, 0.2) is 5.78 Å². The summed E-state index contributed by atoms with van der Waals surface area (Å²) in [6.07, 6.45) is 0. The second-order valence-corrected chi connectivity index (χ2v) is 4.00. The molecule has 0 aliphatic heterocycles. The third-order valence-corrected chi connectivity index (χ3v) is 2.32. The lowest BCUT2D eigenvalue weighted by molar-refractivity contribution is 0.0940. The number of hydrogen-bond donors (Lipinski definition) is 1. The Bertz CT molecular complexity index is 331. The van der Waals surface area contributed by atoms with Crippen molar-refractivity contribution in [3.8, 4) is 0 Å². The molecule has 0 aliphatic carbocycles. The van der Waals surface area contributed by atoms with Gasteiger partial charge in [0, 0.05) is 5.56 Å². The molecule has 0 bridgehead atoms. The Morgan fingerprint density at radius 1 is 1.36 bits per heavy atom. The first kappa shape index (κ1) is 10.9. The number of carbonyl (C=O) groups is 1. The van der Waals surface area contributed by atoms with Gasteiger partial charge in [-0.2, -0.15) is 0 Å². The number of ketones is 1. The summed E-state index contributed by atoms with van der Waals surface area (Å²) in [5.74, 6) is 0.215. The Kier molecular flexibility index (Phi) is 3.42. The van der Waals surface area contributed by atoms with Gasteiger partial charge < -0.3 is 5.73 Å². The van der Waals surface area contributed by atoms with Crippen LogP contribution in [0.3, 0.4) is 0 Å². The predicted octanol–water partition coefficient (Wildman–Crippen LogP) is 2.16. The van der Waals surface area contributed by atoms with Crippen LogP contribution >= 0.6 is 0 Å². The molecule has 0 saturated heterocycles. The molecule has 76 valence electrons. The van der Waals surface area contributed by atoms with Crippen molar-refractivity contribution in [2.75, 3.05) is 0 Å². The molecule has 1 rings (SSSR count). The average molecular weight is 191 g/mol. The molecule has 2 heteroatoms. The zero-order valence-electron chi connectivity index (χ0n) is 8.95. The molecule has 2 nitrogen and oxygen atoms in total. The molecule has 1 unspecified atom stereocenters. The van der Waals surface area contributed by atoms with Crippen molar-refractivity contribution < 1.29 is 4.79 Å². The van der Waals surface area contributed by atoms with Crippen molar-refractivity contribution in [3.05, 3.63) is 35.4 Å². The van der Waals surface area contributed by atoms with Gasteiger partial charge in [0.2, 0.25) is 0 Å². The third kappa shape index (κ3) is 2.42. The van der Waals surface area contributed by atoms with Gasteiger partial charge in [0.1, 0.15) is 0 Å². The maximum Gasteiger partial charge on any atom is 0.179 e. The summed E-state index contributed by atoms with van der Waals surface area (Å²) in [6.45, 7) is 5.88. The van der Waals surface area contributed by atoms with E-state index >= 15 is 0 Å². The van der Waals surface area contributed by atoms with Crippen molar-refractivity contribution in [1.82, 2.24) is 0 Å². The number of nitrogens with two attached hydrogens (primary N) is 1. The Balaban J connectivity index is 2.89. The number of benzene rings is 1. The normalized spacial score (nSPS) is 12.9. The lowest BCUT2D eigenvalue weighted by Gasteiger charge is -2.14. The molecule has 0 spiro atoms. The molecule has 0 heterocycles. The minimum absolute atomic E-state index is 0.0312. The van der Waals surface area contributed by atoms with Gasteiger partial charge in [0.25, 0.3) is 0 Å². The van der Waals surface area contributed by atoms with Gasteiger partial charge in [-0.25, -0.2) is 0 Å². The predicted molar refractivity (Wildman–Crippen MR) is 58.3 cm³/mol. The zero-order chi connectivity index (χ0) is 10.7. The van der Waals surface area contributed by atoms with E-state index in [-0.39, 0.29) is 11.7 Å². The Labute approximate surface area is 85.1 Å². The molecule has 1 aromatic carbocycles. The van der Waals surface area contributed by atoms with Gasteiger partial charge in [-0.15, -0.1) is 0 Å². The summed E-state index contributed by atoms with van der Waals surface area (Å²) >= 11 is 0. The summed E-state index contributed by atoms with van der Waals surface area (Å²) in [5.41, 5.74) is 7.60. The van der Waals surface area contributed by atoms with Crippen LogP contribution in [0.15, 0.2) is 24.3 Å². The molecule has 0 radical (unpaired) electrons. The SMILES string of the molecule is Cc1cccc(C(=O)C(N)C(C)C)c1. The maximum atomic E-state index is 11.8. The molecule has 0 aliphatic rings. The van der Waals surface area contributed by atoms with E-state index in [1.54, 1.807) is 0 Å². The van der Waals surface area contributed by atoms with Crippen molar-refractivity contribution in [2.45, 2.75) is 26.8 Å². The van der Waals surface area contributed by atoms with E-state index in [2.05, 4.69) is 0 Å². The number of aryl methyl sites for hydroxylation is 1. The second kappa shape index (κ2) is 4.38. The highest BCUT2D eigenvalue weighted by Gasteiger charge is 2.18. The van der Waals surface area contributed by atoms with Crippen LogP contribution in [0.2, 0.25) is 0 Å². The smallest absolute Gasteiger partial charge is 0.179 e. The van der Waals surface area contributed by atoms with Crippen molar-refractivity contribution in [3.63, 3.8) is 0 Å². The van der Waals surface area contributed by atoms with Crippen molar-refractivity contribution in [2.24, 2.45) is 11.7 Å². The lowest BCUT2D eigenvalue weighted by Crippen LogP contribution is -2.35. The Hall–Kier alpha value is -1.15. The molecule has 1 atom stereocenters. The van der Waals surface area contributed by atoms with Crippen molar-refractivity contribution in [1.29, 1.82) is 0 Å². The first-order valence-electron chi connectivity index (χ1n) is 4.89. The van der Waals surface area contributed by atoms with Crippen LogP contribution in [0.5, 0.6) is 0 Å². The summed E-state index contributed by atoms with van der Waals surface area (Å²) < 4.78 is 0. The Morgan fingerprint density at radius 3 is 2.50 bits per heavy atom. The fourth-order valence-electron chi connectivity index (χ4n) is 1.29. The highest BCUT2D eigenvalue weighted by molar-refractivity contribution is 6.00. The van der Waals surface area contributed by atoms with Gasteiger partial charge in [-0.3, -0.25) is 4.79 Å². The minimum Gasteiger partial charge on any atom is -0.321 e. The molecular weight excluding hydrogens is 174 g/mol. The van der Waals surface area contributed by atoms with Crippen LogP contribution in [0.25, 0.3) is 0 Å². The van der Waals surface area contributed by atoms with E-state index in [4.69, 9.17) is 5.73 Å². The highest BCUT2D eigenvalue weighted by Crippen LogP contribution is 2.10. The number of rotatable bonds is 3. The van der Waals surface area contributed by atoms with Crippen LogP contribution in [0.1, 0.15) is 29.8 Å². The van der Waals surface area contributed by atoms with Gasteiger partial charge in [-0.05, 0) is 18.9 Å². The first-order valence-corrected chi connectivity index (χ1v) is 4.89. The Morgan fingerprint density at radius 2 is 2.00 bits per heavy atom. The third-order valence-electron chi connectivity index (χ3n) is 2.32. The molecule has 0 saturated carbocycles. The van der Waals surface area contributed by atoms with Crippen LogP contribution in [0, 0.1) is 12.8 Å². The number of carbonyl (C=O) groups excluding carboxylic acids is 1. The molecule has 14 heavy (non-hydrogen) atoms. The summed E-state index contributed by atoms with van der Waals surface area (Å²) in [4.78, 5) is 11.8. The number of hydrogen-bond acceptors (Lipinski definition) is 2.